The molecule has 120 valence electrons. The molecule has 0 saturated carbocycles. The first-order valence-electron chi connectivity index (χ1n) is 7.23. The number of hydrogen-bond donors (Lipinski definition) is 0. The first-order valence-corrected chi connectivity index (χ1v) is 7.23. The summed E-state index contributed by atoms with van der Waals surface area (Å²) in [7, 11) is 0. The number of hydrogen-bond acceptors (Lipinski definition) is 6. The van der Waals surface area contributed by atoms with Crippen LogP contribution < -0.4 is 39.7 Å². The Morgan fingerprint density at radius 1 is 1.12 bits per heavy atom. The number of carboxylic acids is 1. The fraction of sp³-hybridized carbons (Fsp3) is 0.118. The summed E-state index contributed by atoms with van der Waals surface area (Å²) in [4.78, 5) is 23.6. The van der Waals surface area contributed by atoms with E-state index in [-0.39, 0.29) is 46.7 Å². The number of benzene rings is 2. The van der Waals surface area contributed by atoms with Crippen molar-refractivity contribution in [3.8, 4) is 0 Å². The minimum atomic E-state index is -1.35. The monoisotopic (exact) mass is 344 g/mol. The molecule has 0 radical (unpaired) electrons. The van der Waals surface area contributed by atoms with E-state index >= 15 is 0 Å². The first kappa shape index (κ1) is 19.0. The number of rotatable bonds is 4. The van der Waals surface area contributed by atoms with E-state index < -0.39 is 12.0 Å². The van der Waals surface area contributed by atoms with Crippen molar-refractivity contribution in [2.24, 2.45) is 15.3 Å². The number of carboxylic acid groups (broad SMARTS) is 1. The Hall–Kier alpha value is -2.35. The van der Waals surface area contributed by atoms with Crippen LogP contribution in [0.15, 0.2) is 69.9 Å². The summed E-state index contributed by atoms with van der Waals surface area (Å²) in [6, 6.07) is 14.2. The van der Waals surface area contributed by atoms with E-state index in [1.165, 1.54) is 17.1 Å². The maximum atomic E-state index is 12.5. The van der Waals surface area contributed by atoms with Crippen LogP contribution in [0.1, 0.15) is 17.3 Å². The van der Waals surface area contributed by atoms with Gasteiger partial charge < -0.3 is 9.90 Å². The largest absolute Gasteiger partial charge is 1.00 e. The Kier molecular flexibility index (Phi) is 6.19. The number of para-hydroxylation sites is 1. The van der Waals surface area contributed by atoms with Crippen molar-refractivity contribution in [2.75, 3.05) is 5.01 Å². The van der Waals surface area contributed by atoms with Crippen molar-refractivity contribution >= 4 is 29.0 Å². The molecule has 0 N–H and O–H groups in total. The van der Waals surface area contributed by atoms with Gasteiger partial charge in [0.05, 0.1) is 23.1 Å². The SMILES string of the molecule is CC1=NN(c2ccccc2)C(=O)C1N=Nc1ccccc1C(=O)[O-].[Na+]. The van der Waals surface area contributed by atoms with Crippen LogP contribution in [-0.4, -0.2) is 23.6 Å². The summed E-state index contributed by atoms with van der Waals surface area (Å²) in [6.45, 7) is 1.68. The molecule has 1 heterocycles. The van der Waals surface area contributed by atoms with Gasteiger partial charge in [-0.15, -0.1) is 0 Å². The van der Waals surface area contributed by atoms with Crippen LogP contribution in [0, 0.1) is 0 Å². The molecular formula is C17H13N4NaO3. The molecule has 0 aromatic heterocycles. The Morgan fingerprint density at radius 3 is 2.44 bits per heavy atom. The molecule has 1 atom stereocenters. The van der Waals surface area contributed by atoms with Crippen molar-refractivity contribution < 1.29 is 44.3 Å². The van der Waals surface area contributed by atoms with Crippen LogP contribution in [0.5, 0.6) is 0 Å². The van der Waals surface area contributed by atoms with Crippen molar-refractivity contribution in [3.05, 3.63) is 60.2 Å². The van der Waals surface area contributed by atoms with E-state index in [2.05, 4.69) is 15.3 Å². The third kappa shape index (κ3) is 4.01. The zero-order valence-corrected chi connectivity index (χ0v) is 15.8. The number of amides is 1. The quantitative estimate of drug-likeness (QED) is 0.522. The second kappa shape index (κ2) is 8.15. The van der Waals surface area contributed by atoms with Gasteiger partial charge in [-0.05, 0) is 25.1 Å². The summed E-state index contributed by atoms with van der Waals surface area (Å²) in [5, 5.41) is 24.4. The van der Waals surface area contributed by atoms with Crippen LogP contribution in [0.3, 0.4) is 0 Å². The molecule has 8 heteroatoms. The smallest absolute Gasteiger partial charge is 0.545 e. The molecule has 25 heavy (non-hydrogen) atoms. The molecule has 2 aromatic rings. The zero-order valence-electron chi connectivity index (χ0n) is 13.8. The van der Waals surface area contributed by atoms with Gasteiger partial charge in [-0.1, -0.05) is 36.4 Å². The molecule has 1 aliphatic rings. The minimum Gasteiger partial charge on any atom is -0.545 e. The van der Waals surface area contributed by atoms with E-state index in [1.807, 2.05) is 6.07 Å². The van der Waals surface area contributed by atoms with E-state index in [0.29, 0.717) is 11.4 Å². The van der Waals surface area contributed by atoms with Gasteiger partial charge in [0.15, 0.2) is 6.04 Å². The molecule has 1 amide bonds. The zero-order chi connectivity index (χ0) is 17.1. The Balaban J connectivity index is 0.00000225. The maximum Gasteiger partial charge on any atom is 1.00 e. The molecule has 0 aliphatic carbocycles. The molecule has 0 spiro atoms. The fourth-order valence-corrected chi connectivity index (χ4v) is 2.30. The van der Waals surface area contributed by atoms with Crippen molar-refractivity contribution in [1.82, 2.24) is 0 Å². The predicted octanol–water partition coefficient (Wildman–Crippen LogP) is -1.07. The van der Waals surface area contributed by atoms with Gasteiger partial charge in [0.1, 0.15) is 0 Å². The van der Waals surface area contributed by atoms with Crippen LogP contribution in [-0.2, 0) is 4.79 Å². The van der Waals surface area contributed by atoms with E-state index in [0.717, 1.165) is 0 Å². The molecule has 0 bridgehead atoms. The van der Waals surface area contributed by atoms with Crippen molar-refractivity contribution in [3.63, 3.8) is 0 Å². The van der Waals surface area contributed by atoms with Crippen molar-refractivity contribution in [2.45, 2.75) is 13.0 Å². The minimum absolute atomic E-state index is 0. The predicted molar refractivity (Wildman–Crippen MR) is 86.1 cm³/mol. The average molecular weight is 344 g/mol. The normalized spacial score (nSPS) is 16.7. The Morgan fingerprint density at radius 2 is 1.76 bits per heavy atom. The maximum absolute atomic E-state index is 12.5. The van der Waals surface area contributed by atoms with Gasteiger partial charge in [0.25, 0.3) is 5.91 Å². The third-order valence-electron chi connectivity index (χ3n) is 3.50. The van der Waals surface area contributed by atoms with Crippen molar-refractivity contribution in [1.29, 1.82) is 0 Å². The topological polar surface area (TPSA) is 97.5 Å². The summed E-state index contributed by atoms with van der Waals surface area (Å²) >= 11 is 0. The Bertz CT molecular complexity index is 852. The molecule has 7 nitrogen and oxygen atoms in total. The van der Waals surface area contributed by atoms with E-state index in [1.54, 1.807) is 43.3 Å². The van der Waals surface area contributed by atoms with Crippen LogP contribution in [0.4, 0.5) is 11.4 Å². The average Bonchev–Trinajstić information content (AvgIpc) is 2.88. The number of aromatic carboxylic acids is 1. The van der Waals surface area contributed by atoms with Gasteiger partial charge in [-0.25, -0.2) is 0 Å². The third-order valence-corrected chi connectivity index (χ3v) is 3.50. The number of carbonyl (C=O) groups is 2. The van der Waals surface area contributed by atoms with E-state index in [9.17, 15) is 14.7 Å². The molecule has 1 unspecified atom stereocenters. The van der Waals surface area contributed by atoms with Crippen LogP contribution in [0.2, 0.25) is 0 Å². The van der Waals surface area contributed by atoms with Gasteiger partial charge in [0, 0.05) is 5.56 Å². The van der Waals surface area contributed by atoms with Gasteiger partial charge in [-0.2, -0.15) is 20.3 Å². The number of carbonyl (C=O) groups excluding carboxylic acids is 2. The molecule has 0 saturated heterocycles. The molecule has 1 aliphatic heterocycles. The summed E-state index contributed by atoms with van der Waals surface area (Å²) in [5.74, 6) is -1.69. The summed E-state index contributed by atoms with van der Waals surface area (Å²) in [6.07, 6.45) is 0. The van der Waals surface area contributed by atoms with E-state index in [4.69, 9.17) is 0 Å². The van der Waals surface area contributed by atoms with Gasteiger partial charge >= 0.3 is 29.6 Å². The molecule has 3 rings (SSSR count). The standard InChI is InChI=1S/C17H14N4O3.Na/c1-11-15(16(22)21(20-11)12-7-3-2-4-8-12)19-18-14-10-6-5-9-13(14)17(23)24;/h2-10,15H,1H3,(H,23,24);/q;+1/p-1. The van der Waals surface area contributed by atoms with Crippen LogP contribution in [0.25, 0.3) is 0 Å². The summed E-state index contributed by atoms with van der Waals surface area (Å²) in [5.41, 5.74) is 1.17. The number of hydrazone groups is 1. The first-order chi connectivity index (χ1) is 11.6. The second-order valence-electron chi connectivity index (χ2n) is 5.15. The summed E-state index contributed by atoms with van der Waals surface area (Å²) < 4.78 is 0. The van der Waals surface area contributed by atoms with Gasteiger partial charge in [0.2, 0.25) is 0 Å². The van der Waals surface area contributed by atoms with Crippen LogP contribution >= 0.6 is 0 Å². The second-order valence-corrected chi connectivity index (χ2v) is 5.15. The Labute approximate surface area is 166 Å². The molecule has 2 aromatic carbocycles. The van der Waals surface area contributed by atoms with Gasteiger partial charge in [-0.3, -0.25) is 4.79 Å². The fourth-order valence-electron chi connectivity index (χ4n) is 2.30. The molecule has 0 fully saturated rings. The number of azo groups is 1. The number of anilines is 1. The molecular weight excluding hydrogens is 331 g/mol. The number of nitrogens with zero attached hydrogens (tertiary/aromatic N) is 4.